The van der Waals surface area contributed by atoms with Crippen LogP contribution in [0.4, 0.5) is 4.79 Å². The second-order valence-corrected chi connectivity index (χ2v) is 10.2. The molecule has 172 valence electrons. The number of likely N-dealkylation sites (tertiary alicyclic amines) is 1. The molecule has 1 amide bonds. The van der Waals surface area contributed by atoms with Crippen LogP contribution >= 0.6 is 0 Å². The molecule has 2 aliphatic carbocycles. The van der Waals surface area contributed by atoms with Crippen molar-refractivity contribution in [2.75, 3.05) is 32.7 Å². The molecule has 2 N–H and O–H groups in total. The van der Waals surface area contributed by atoms with Gasteiger partial charge in [0.2, 0.25) is 0 Å². The van der Waals surface area contributed by atoms with E-state index in [9.17, 15) is 9.90 Å². The standard InChI is InChI=1S/C23H42N4O3/c1-5-24-21(25-15-18-7-6-8-20(18)28)26-13-11-19(12-14-26)27(16-17-9-10-17)22(29)30-23(2,3)4/h17-20,28H,5-16H2,1-4H3,(H,24,25). The summed E-state index contributed by atoms with van der Waals surface area (Å²) < 4.78 is 5.71. The van der Waals surface area contributed by atoms with Gasteiger partial charge in [0.25, 0.3) is 0 Å². The summed E-state index contributed by atoms with van der Waals surface area (Å²) in [6.45, 7) is 12.0. The highest BCUT2D eigenvalue weighted by atomic mass is 16.6. The fourth-order valence-electron chi connectivity index (χ4n) is 4.52. The number of rotatable bonds is 6. The van der Waals surface area contributed by atoms with Crippen molar-refractivity contribution in [3.63, 3.8) is 0 Å². The number of aliphatic hydroxyl groups is 1. The Labute approximate surface area is 182 Å². The quantitative estimate of drug-likeness (QED) is 0.508. The number of nitrogens with one attached hydrogen (secondary N) is 1. The first kappa shape index (κ1) is 23.2. The van der Waals surface area contributed by atoms with Gasteiger partial charge in [-0.15, -0.1) is 0 Å². The second kappa shape index (κ2) is 10.2. The second-order valence-electron chi connectivity index (χ2n) is 10.2. The van der Waals surface area contributed by atoms with Gasteiger partial charge in [-0.1, -0.05) is 6.42 Å². The van der Waals surface area contributed by atoms with Crippen LogP contribution in [0.5, 0.6) is 0 Å². The van der Waals surface area contributed by atoms with Crippen LogP contribution in [0.1, 0.15) is 72.6 Å². The molecule has 3 aliphatic rings. The van der Waals surface area contributed by atoms with Crippen LogP contribution in [0.2, 0.25) is 0 Å². The Hall–Kier alpha value is -1.50. The summed E-state index contributed by atoms with van der Waals surface area (Å²) in [5, 5.41) is 13.5. The summed E-state index contributed by atoms with van der Waals surface area (Å²) in [5.41, 5.74) is -0.463. The molecule has 1 aliphatic heterocycles. The van der Waals surface area contributed by atoms with E-state index >= 15 is 0 Å². The minimum Gasteiger partial charge on any atom is -0.444 e. The van der Waals surface area contributed by atoms with Gasteiger partial charge in [-0.25, -0.2) is 4.79 Å². The summed E-state index contributed by atoms with van der Waals surface area (Å²) >= 11 is 0. The van der Waals surface area contributed by atoms with Crippen LogP contribution in [0.15, 0.2) is 4.99 Å². The number of nitrogens with zero attached hydrogens (tertiary/aromatic N) is 3. The minimum atomic E-state index is -0.463. The number of aliphatic imine (C=N–C) groups is 1. The highest BCUT2D eigenvalue weighted by Gasteiger charge is 2.36. The van der Waals surface area contributed by atoms with Crippen LogP contribution < -0.4 is 5.32 Å². The van der Waals surface area contributed by atoms with E-state index in [0.717, 1.165) is 64.2 Å². The van der Waals surface area contributed by atoms with Gasteiger partial charge < -0.3 is 25.0 Å². The summed E-state index contributed by atoms with van der Waals surface area (Å²) in [4.78, 5) is 22.0. The molecule has 0 radical (unpaired) electrons. The molecule has 7 heteroatoms. The van der Waals surface area contributed by atoms with Crippen molar-refractivity contribution < 1.29 is 14.6 Å². The van der Waals surface area contributed by atoms with Crippen molar-refractivity contribution in [2.45, 2.75) is 90.4 Å². The zero-order valence-corrected chi connectivity index (χ0v) is 19.4. The van der Waals surface area contributed by atoms with Gasteiger partial charge in [-0.3, -0.25) is 4.99 Å². The average Bonchev–Trinajstić information content (AvgIpc) is 3.42. The van der Waals surface area contributed by atoms with Crippen molar-refractivity contribution in [2.24, 2.45) is 16.8 Å². The highest BCUT2D eigenvalue weighted by Crippen LogP contribution is 2.32. The molecular weight excluding hydrogens is 380 g/mol. The maximum atomic E-state index is 12.8. The zero-order valence-electron chi connectivity index (χ0n) is 19.4. The molecule has 0 aromatic rings. The third-order valence-corrected chi connectivity index (χ3v) is 6.41. The van der Waals surface area contributed by atoms with Crippen molar-refractivity contribution in [1.29, 1.82) is 0 Å². The predicted octanol–water partition coefficient (Wildman–Crippen LogP) is 3.22. The van der Waals surface area contributed by atoms with E-state index in [2.05, 4.69) is 17.1 Å². The molecule has 2 unspecified atom stereocenters. The monoisotopic (exact) mass is 422 g/mol. The maximum absolute atomic E-state index is 12.8. The Bertz CT molecular complexity index is 592. The average molecular weight is 423 g/mol. The van der Waals surface area contributed by atoms with Gasteiger partial charge in [0.05, 0.1) is 6.10 Å². The van der Waals surface area contributed by atoms with E-state index in [1.54, 1.807) is 0 Å². The fourth-order valence-corrected chi connectivity index (χ4v) is 4.52. The van der Waals surface area contributed by atoms with E-state index in [4.69, 9.17) is 9.73 Å². The summed E-state index contributed by atoms with van der Waals surface area (Å²) in [7, 11) is 0. The van der Waals surface area contributed by atoms with Crippen molar-refractivity contribution >= 4 is 12.1 Å². The first-order valence-electron chi connectivity index (χ1n) is 12.0. The molecule has 1 heterocycles. The van der Waals surface area contributed by atoms with E-state index in [1.165, 1.54) is 12.8 Å². The summed E-state index contributed by atoms with van der Waals surface area (Å²) in [6, 6.07) is 0.233. The molecule has 2 saturated carbocycles. The van der Waals surface area contributed by atoms with E-state index in [0.29, 0.717) is 12.5 Å². The molecule has 1 saturated heterocycles. The molecule has 3 fully saturated rings. The van der Waals surface area contributed by atoms with Crippen molar-refractivity contribution in [3.8, 4) is 0 Å². The number of hydrogen-bond donors (Lipinski definition) is 2. The lowest BCUT2D eigenvalue weighted by Gasteiger charge is -2.40. The SMILES string of the molecule is CCNC(=NCC1CCCC1O)N1CCC(N(CC2CC2)C(=O)OC(C)(C)C)CC1. The van der Waals surface area contributed by atoms with Crippen LogP contribution in [0.25, 0.3) is 0 Å². The Morgan fingerprint density at radius 3 is 2.40 bits per heavy atom. The molecule has 2 atom stereocenters. The van der Waals surface area contributed by atoms with Gasteiger partial charge in [0, 0.05) is 44.7 Å². The molecule has 30 heavy (non-hydrogen) atoms. The first-order valence-corrected chi connectivity index (χ1v) is 12.0. The van der Waals surface area contributed by atoms with Crippen LogP contribution in [-0.2, 0) is 4.74 Å². The molecule has 0 aromatic carbocycles. The fraction of sp³-hybridized carbons (Fsp3) is 0.913. The van der Waals surface area contributed by atoms with E-state index in [1.807, 2.05) is 25.7 Å². The molecule has 7 nitrogen and oxygen atoms in total. The van der Waals surface area contributed by atoms with Gasteiger partial charge in [0.15, 0.2) is 5.96 Å². The van der Waals surface area contributed by atoms with E-state index in [-0.39, 0.29) is 24.2 Å². The Balaban J connectivity index is 1.57. The first-order chi connectivity index (χ1) is 14.3. The summed E-state index contributed by atoms with van der Waals surface area (Å²) in [6.07, 6.45) is 7.03. The van der Waals surface area contributed by atoms with Crippen LogP contribution in [0.3, 0.4) is 0 Å². The topological polar surface area (TPSA) is 77.4 Å². The lowest BCUT2D eigenvalue weighted by atomic mass is 10.0. The van der Waals surface area contributed by atoms with Crippen LogP contribution in [0, 0.1) is 11.8 Å². The largest absolute Gasteiger partial charge is 0.444 e. The Morgan fingerprint density at radius 2 is 1.87 bits per heavy atom. The summed E-state index contributed by atoms with van der Waals surface area (Å²) in [5.74, 6) is 1.88. The molecule has 3 rings (SSSR count). The van der Waals surface area contributed by atoms with E-state index < -0.39 is 5.60 Å². The number of hydrogen-bond acceptors (Lipinski definition) is 4. The smallest absolute Gasteiger partial charge is 0.410 e. The lowest BCUT2D eigenvalue weighted by Crippen LogP contribution is -2.52. The van der Waals surface area contributed by atoms with Crippen LogP contribution in [-0.4, -0.2) is 77.4 Å². The number of amides is 1. The van der Waals surface area contributed by atoms with Gasteiger partial charge in [-0.05, 0) is 72.1 Å². The highest BCUT2D eigenvalue weighted by molar-refractivity contribution is 5.80. The predicted molar refractivity (Wildman–Crippen MR) is 120 cm³/mol. The number of aliphatic hydroxyl groups excluding tert-OH is 1. The number of carbonyl (C=O) groups excluding carboxylic acids is 1. The third-order valence-electron chi connectivity index (χ3n) is 6.41. The zero-order chi connectivity index (χ0) is 21.7. The van der Waals surface area contributed by atoms with Gasteiger partial charge >= 0.3 is 6.09 Å². The number of guanidine groups is 1. The van der Waals surface area contributed by atoms with Crippen molar-refractivity contribution in [3.05, 3.63) is 0 Å². The number of piperidine rings is 1. The number of carbonyl (C=O) groups is 1. The van der Waals surface area contributed by atoms with Gasteiger partial charge in [-0.2, -0.15) is 0 Å². The third kappa shape index (κ3) is 6.76. The number of ether oxygens (including phenoxy) is 1. The maximum Gasteiger partial charge on any atom is 0.410 e. The Kier molecular flexibility index (Phi) is 7.88. The Morgan fingerprint density at radius 1 is 1.17 bits per heavy atom. The van der Waals surface area contributed by atoms with Crippen molar-refractivity contribution in [1.82, 2.24) is 15.1 Å². The van der Waals surface area contributed by atoms with Gasteiger partial charge in [0.1, 0.15) is 5.60 Å². The molecule has 0 spiro atoms. The minimum absolute atomic E-state index is 0.163. The molecule has 0 aromatic heterocycles. The normalized spacial score (nSPS) is 26.0. The lowest BCUT2D eigenvalue weighted by molar-refractivity contribution is 0.00928. The molecular formula is C23H42N4O3. The molecule has 0 bridgehead atoms.